The molecular weight excluding hydrogens is 428 g/mol. The number of nitrogens with zero attached hydrogens (tertiary/aromatic N) is 3. The predicted octanol–water partition coefficient (Wildman–Crippen LogP) is 4.54. The van der Waals surface area contributed by atoms with Gasteiger partial charge in [-0.25, -0.2) is 4.98 Å². The highest BCUT2D eigenvalue weighted by atomic mass is 32.1. The van der Waals surface area contributed by atoms with E-state index < -0.39 is 17.9 Å². The maximum absolute atomic E-state index is 12.9. The maximum Gasteiger partial charge on any atom is 0.311 e. The van der Waals surface area contributed by atoms with Crippen molar-refractivity contribution in [3.8, 4) is 22.1 Å². The standard InChI is InChI=1S/C23H26N4O4S/c1-6-18(28)31-20-17(30-5)11-12-24-19(20)21(29)25-14(4)22-26-27-23(32-22)16-9-7-15(8-10-16)13(2)3/h7-14H,6H2,1-5H3,(H,25,29)/t14-/m0/s1. The average molecular weight is 455 g/mol. The van der Waals surface area contributed by atoms with E-state index >= 15 is 0 Å². The molecule has 0 fully saturated rings. The van der Waals surface area contributed by atoms with Gasteiger partial charge in [-0.2, -0.15) is 0 Å². The minimum Gasteiger partial charge on any atom is -0.493 e. The van der Waals surface area contributed by atoms with Gasteiger partial charge in [0, 0.05) is 24.2 Å². The number of carbonyl (C=O) groups is 2. The minimum atomic E-state index is -0.506. The van der Waals surface area contributed by atoms with E-state index in [9.17, 15) is 9.59 Å². The average Bonchev–Trinajstić information content (AvgIpc) is 3.29. The number of aromatic nitrogens is 3. The number of hydrogen-bond acceptors (Lipinski definition) is 8. The van der Waals surface area contributed by atoms with Gasteiger partial charge in [0.2, 0.25) is 5.75 Å². The Bertz CT molecular complexity index is 1100. The Morgan fingerprint density at radius 2 is 1.81 bits per heavy atom. The zero-order valence-electron chi connectivity index (χ0n) is 18.7. The zero-order valence-corrected chi connectivity index (χ0v) is 19.5. The first-order chi connectivity index (χ1) is 15.3. The van der Waals surface area contributed by atoms with Crippen molar-refractivity contribution in [2.24, 2.45) is 0 Å². The third-order valence-corrected chi connectivity index (χ3v) is 5.95. The number of esters is 1. The second-order valence-corrected chi connectivity index (χ2v) is 8.44. The van der Waals surface area contributed by atoms with E-state index in [0.717, 1.165) is 10.6 Å². The summed E-state index contributed by atoms with van der Waals surface area (Å²) in [6, 6.07) is 9.32. The van der Waals surface area contributed by atoms with Crippen molar-refractivity contribution in [1.82, 2.24) is 20.5 Å². The van der Waals surface area contributed by atoms with E-state index in [1.165, 1.54) is 36.3 Å². The summed E-state index contributed by atoms with van der Waals surface area (Å²) in [5.41, 5.74) is 2.19. The topological polar surface area (TPSA) is 103 Å². The smallest absolute Gasteiger partial charge is 0.311 e. The molecule has 1 N–H and O–H groups in total. The second kappa shape index (κ2) is 10.3. The van der Waals surface area contributed by atoms with Gasteiger partial charge in [0.15, 0.2) is 11.4 Å². The molecule has 168 valence electrons. The number of methoxy groups -OCH3 is 1. The molecule has 0 unspecified atom stereocenters. The molecule has 0 spiro atoms. The molecule has 2 heterocycles. The first-order valence-electron chi connectivity index (χ1n) is 10.3. The van der Waals surface area contributed by atoms with Crippen LogP contribution in [0.1, 0.15) is 67.1 Å². The fourth-order valence-electron chi connectivity index (χ4n) is 2.90. The van der Waals surface area contributed by atoms with Gasteiger partial charge in [0.25, 0.3) is 5.91 Å². The van der Waals surface area contributed by atoms with E-state index in [4.69, 9.17) is 9.47 Å². The molecule has 0 aliphatic heterocycles. The van der Waals surface area contributed by atoms with Gasteiger partial charge in [0.05, 0.1) is 13.2 Å². The lowest BCUT2D eigenvalue weighted by molar-refractivity contribution is -0.134. The molecule has 0 bridgehead atoms. The number of benzene rings is 1. The van der Waals surface area contributed by atoms with E-state index in [0.29, 0.717) is 10.9 Å². The van der Waals surface area contributed by atoms with Crippen LogP contribution in [-0.4, -0.2) is 34.2 Å². The lowest BCUT2D eigenvalue weighted by atomic mass is 10.0. The lowest BCUT2D eigenvalue weighted by Gasteiger charge is -2.14. The van der Waals surface area contributed by atoms with Crippen LogP contribution < -0.4 is 14.8 Å². The van der Waals surface area contributed by atoms with Crippen LogP contribution in [0, 0.1) is 0 Å². The van der Waals surface area contributed by atoms with Crippen molar-refractivity contribution < 1.29 is 19.1 Å². The molecule has 1 amide bonds. The Morgan fingerprint density at radius 1 is 1.09 bits per heavy atom. The van der Waals surface area contributed by atoms with E-state index in [1.807, 2.05) is 19.1 Å². The number of pyridine rings is 1. The summed E-state index contributed by atoms with van der Waals surface area (Å²) in [7, 11) is 1.43. The summed E-state index contributed by atoms with van der Waals surface area (Å²) in [6.45, 7) is 7.76. The summed E-state index contributed by atoms with van der Waals surface area (Å²) in [5.74, 6) is -0.294. The maximum atomic E-state index is 12.9. The molecule has 1 aromatic carbocycles. The summed E-state index contributed by atoms with van der Waals surface area (Å²) in [6.07, 6.45) is 1.58. The van der Waals surface area contributed by atoms with Crippen molar-refractivity contribution in [3.63, 3.8) is 0 Å². The van der Waals surface area contributed by atoms with Gasteiger partial charge in [-0.1, -0.05) is 56.4 Å². The van der Waals surface area contributed by atoms with Gasteiger partial charge in [0.1, 0.15) is 10.0 Å². The third kappa shape index (κ3) is 5.28. The monoisotopic (exact) mass is 454 g/mol. The van der Waals surface area contributed by atoms with Gasteiger partial charge in [-0.15, -0.1) is 10.2 Å². The summed E-state index contributed by atoms with van der Waals surface area (Å²) >= 11 is 1.40. The van der Waals surface area contributed by atoms with Crippen LogP contribution in [0.4, 0.5) is 0 Å². The highest BCUT2D eigenvalue weighted by Crippen LogP contribution is 2.31. The molecule has 0 radical (unpaired) electrons. The molecular formula is C23H26N4O4S. The number of ether oxygens (including phenoxy) is 2. The molecule has 0 aliphatic rings. The number of hydrogen-bond donors (Lipinski definition) is 1. The quantitative estimate of drug-likeness (QED) is 0.498. The van der Waals surface area contributed by atoms with Crippen LogP contribution >= 0.6 is 11.3 Å². The highest BCUT2D eigenvalue weighted by molar-refractivity contribution is 7.14. The Labute approximate surface area is 191 Å². The molecule has 9 heteroatoms. The van der Waals surface area contributed by atoms with Crippen molar-refractivity contribution >= 4 is 23.2 Å². The number of amides is 1. The Kier molecular flexibility index (Phi) is 7.53. The van der Waals surface area contributed by atoms with E-state index in [1.54, 1.807) is 6.92 Å². The fraction of sp³-hybridized carbons (Fsp3) is 0.348. The molecule has 8 nitrogen and oxygen atoms in total. The van der Waals surface area contributed by atoms with Crippen molar-refractivity contribution in [1.29, 1.82) is 0 Å². The first-order valence-corrected chi connectivity index (χ1v) is 11.1. The Hall–Kier alpha value is -3.33. The van der Waals surface area contributed by atoms with E-state index in [2.05, 4.69) is 46.5 Å². The molecule has 0 saturated carbocycles. The van der Waals surface area contributed by atoms with Crippen LogP contribution in [0.15, 0.2) is 36.5 Å². The van der Waals surface area contributed by atoms with Crippen LogP contribution in [0.3, 0.4) is 0 Å². The minimum absolute atomic E-state index is 0.00487. The van der Waals surface area contributed by atoms with Crippen molar-refractivity contribution in [2.75, 3.05) is 7.11 Å². The fourth-order valence-corrected chi connectivity index (χ4v) is 3.75. The summed E-state index contributed by atoms with van der Waals surface area (Å²) < 4.78 is 10.5. The van der Waals surface area contributed by atoms with Crippen LogP contribution in [0.5, 0.6) is 11.5 Å². The van der Waals surface area contributed by atoms with Crippen molar-refractivity contribution in [2.45, 2.75) is 46.1 Å². The second-order valence-electron chi connectivity index (χ2n) is 7.44. The number of nitrogens with one attached hydrogen (secondary N) is 1. The highest BCUT2D eigenvalue weighted by Gasteiger charge is 2.24. The first kappa shape index (κ1) is 23.3. The number of carbonyl (C=O) groups excluding carboxylic acids is 2. The SMILES string of the molecule is CCC(=O)Oc1c(OC)ccnc1C(=O)N[C@@H](C)c1nnc(-c2ccc(C(C)C)cc2)s1. The predicted molar refractivity (Wildman–Crippen MR) is 122 cm³/mol. The van der Waals surface area contributed by atoms with Gasteiger partial charge < -0.3 is 14.8 Å². The Morgan fingerprint density at radius 3 is 2.44 bits per heavy atom. The van der Waals surface area contributed by atoms with Gasteiger partial charge in [-0.05, 0) is 18.4 Å². The third-order valence-electron chi connectivity index (χ3n) is 4.79. The normalized spacial score (nSPS) is 11.8. The largest absolute Gasteiger partial charge is 0.493 e. The molecule has 0 saturated heterocycles. The number of rotatable bonds is 8. The Balaban J connectivity index is 1.77. The molecule has 3 aromatic rings. The van der Waals surface area contributed by atoms with Crippen molar-refractivity contribution in [3.05, 3.63) is 52.8 Å². The van der Waals surface area contributed by atoms with Gasteiger partial charge >= 0.3 is 5.97 Å². The van der Waals surface area contributed by atoms with Crippen LogP contribution in [-0.2, 0) is 4.79 Å². The van der Waals surface area contributed by atoms with Gasteiger partial charge in [-0.3, -0.25) is 9.59 Å². The summed E-state index contributed by atoms with van der Waals surface area (Å²) in [5, 5.41) is 12.8. The molecule has 2 aromatic heterocycles. The van der Waals surface area contributed by atoms with Crippen LogP contribution in [0.25, 0.3) is 10.6 Å². The van der Waals surface area contributed by atoms with Crippen LogP contribution in [0.2, 0.25) is 0 Å². The summed E-state index contributed by atoms with van der Waals surface area (Å²) in [4.78, 5) is 28.8. The molecule has 1 atom stereocenters. The lowest BCUT2D eigenvalue weighted by Crippen LogP contribution is -2.28. The van der Waals surface area contributed by atoms with E-state index in [-0.39, 0.29) is 23.6 Å². The molecule has 0 aliphatic carbocycles. The molecule has 3 rings (SSSR count). The molecule has 32 heavy (non-hydrogen) atoms. The zero-order chi connectivity index (χ0) is 23.3.